The summed E-state index contributed by atoms with van der Waals surface area (Å²) in [5.74, 6) is 2.69. The van der Waals surface area contributed by atoms with Gasteiger partial charge < -0.3 is 0 Å². The van der Waals surface area contributed by atoms with Crippen LogP contribution < -0.4 is 0 Å². The van der Waals surface area contributed by atoms with Crippen LogP contribution >= 0.6 is 69.2 Å². The van der Waals surface area contributed by atoms with Gasteiger partial charge >= 0.3 is 33.2 Å². The fraction of sp³-hybridized carbons (Fsp3) is 0.200. The molecule has 4 aromatic heterocycles. The van der Waals surface area contributed by atoms with Crippen molar-refractivity contribution in [3.8, 4) is 0 Å². The number of halogens is 2. The molecular weight excluding hydrogens is 843 g/mol. The third kappa shape index (κ3) is 9.61. The van der Waals surface area contributed by atoms with Gasteiger partial charge in [-0.15, -0.1) is 0 Å². The summed E-state index contributed by atoms with van der Waals surface area (Å²) < 4.78 is 7.97. The summed E-state index contributed by atoms with van der Waals surface area (Å²) in [5, 5.41) is 47.7. The standard InChI is InChI=1S/C30H28N16S4.2ClH.Co/c47-27-39-35-23-11-5-13-25-37-41-29(49)45(25)33-17-21-9-3-4-10-22(21)18-34-46-26(38-42-30(46)50)14-6-12-24-36-40-28(48)44(24)32-16-20-8-2-1-7-19(20)15-31-43(23)27;;;/h1-4,7-10,15-18H,5-6,11-14H2,(H,39,47)(H,40,48)(H,41,49)(H,42,50);2*1H;/q;;;+2/p-2/b31-15+,32-16+,33-17+,34-18+;;;. The van der Waals surface area contributed by atoms with E-state index in [0.29, 0.717) is 93.8 Å². The molecule has 1 aliphatic rings. The number of H-pyrrole nitrogens is 4. The van der Waals surface area contributed by atoms with Crippen LogP contribution in [-0.4, -0.2) is 84.4 Å². The van der Waals surface area contributed by atoms with E-state index < -0.39 is 0 Å². The second-order valence-electron chi connectivity index (χ2n) is 11.0. The molecule has 0 saturated carbocycles. The van der Waals surface area contributed by atoms with E-state index in [1.807, 2.05) is 48.5 Å². The van der Waals surface area contributed by atoms with Crippen molar-refractivity contribution in [3.05, 3.63) is 113 Å². The van der Waals surface area contributed by atoms with Gasteiger partial charge in [-0.1, -0.05) is 48.5 Å². The average Bonchev–Trinajstić information content (AvgIpc) is 3.91. The number of aromatic nitrogens is 12. The number of nitrogens with one attached hydrogen (secondary N) is 4. The van der Waals surface area contributed by atoms with Gasteiger partial charge in [0.05, 0.1) is 24.9 Å². The Hall–Kier alpha value is -4.35. The van der Waals surface area contributed by atoms with Crippen molar-refractivity contribution in [2.24, 2.45) is 20.4 Å². The van der Waals surface area contributed by atoms with E-state index in [2.05, 4.69) is 61.2 Å². The predicted octanol–water partition coefficient (Wildman–Crippen LogP) is 6.27. The summed E-state index contributed by atoms with van der Waals surface area (Å²) in [6.45, 7) is 0. The van der Waals surface area contributed by atoms with Gasteiger partial charge in [0, 0.05) is 47.9 Å². The van der Waals surface area contributed by atoms with E-state index in [1.165, 1.54) is 0 Å². The first-order valence-corrected chi connectivity index (χ1v) is 20.2. The molecule has 0 fully saturated rings. The van der Waals surface area contributed by atoms with Crippen LogP contribution in [0, 0.1) is 19.1 Å². The number of fused-ring (bicyclic) bond motifs is 6. The Morgan fingerprint density at radius 3 is 0.906 bits per heavy atom. The fourth-order valence-corrected chi connectivity index (χ4v) is 5.99. The third-order valence-corrected chi connectivity index (χ3v) is 8.77. The van der Waals surface area contributed by atoms with Crippen molar-refractivity contribution < 1.29 is 12.9 Å². The molecule has 1 aliphatic heterocycles. The third-order valence-electron chi connectivity index (χ3n) is 7.71. The van der Waals surface area contributed by atoms with Gasteiger partial charge in [-0.05, 0) is 61.7 Å². The van der Waals surface area contributed by atoms with E-state index in [9.17, 15) is 0 Å². The maximum atomic E-state index is 5.50. The van der Waals surface area contributed by atoms with Crippen LogP contribution in [0.3, 0.4) is 0 Å². The predicted molar refractivity (Wildman–Crippen MR) is 210 cm³/mol. The maximum absolute atomic E-state index is 5.50. The first-order valence-electron chi connectivity index (χ1n) is 15.7. The molecule has 16 nitrogen and oxygen atoms in total. The second-order valence-corrected chi connectivity index (χ2v) is 14.3. The van der Waals surface area contributed by atoms with Gasteiger partial charge in [0.2, 0.25) is 19.1 Å². The Bertz CT molecular complexity index is 2200. The Balaban J connectivity index is 0.00000155. The van der Waals surface area contributed by atoms with Crippen LogP contribution in [0.5, 0.6) is 0 Å². The van der Waals surface area contributed by atoms with Crippen molar-refractivity contribution in [1.29, 1.82) is 0 Å². The molecular formula is C30H28Cl2CoN16S4. The SMILES string of the molecule is S=c1[nH]nc2n1/N=C/c1ccccc1/C=N/n1c(n[nH]c1=S)CCCc1n[nH]c(=S)n1/N=C/c1ccccc1/C=N/n1c(n[nH]c1=S)CCC2.[Cl][Co][Cl]. The quantitative estimate of drug-likeness (QED) is 0.129. The molecule has 0 spiro atoms. The summed E-state index contributed by atoms with van der Waals surface area (Å²) in [5.41, 5.74) is 3.28. The van der Waals surface area contributed by atoms with Crippen molar-refractivity contribution in [2.45, 2.75) is 38.5 Å². The minimum atomic E-state index is 0.378. The molecule has 0 aliphatic carbocycles. The average molecular weight is 871 g/mol. The minimum absolute atomic E-state index is 0.378. The first kappa shape index (κ1) is 38.4. The zero-order chi connectivity index (χ0) is 37.2. The molecule has 5 heterocycles. The molecule has 0 saturated heterocycles. The van der Waals surface area contributed by atoms with Crippen LogP contribution in [-0.2, 0) is 38.6 Å². The first-order chi connectivity index (χ1) is 25.9. The van der Waals surface area contributed by atoms with Gasteiger partial charge in [-0.25, -0.2) is 0 Å². The van der Waals surface area contributed by atoms with E-state index in [4.69, 9.17) is 69.2 Å². The molecule has 23 heteroatoms. The van der Waals surface area contributed by atoms with Crippen molar-refractivity contribution in [2.75, 3.05) is 0 Å². The number of aryl methyl sites for hydroxylation is 4. The molecule has 0 unspecified atom stereocenters. The normalized spacial score (nSPS) is 16.0. The molecule has 6 aromatic rings. The molecule has 0 amide bonds. The zero-order valence-electron chi connectivity index (χ0n) is 27.3. The number of hydrogen-bond donors (Lipinski definition) is 4. The van der Waals surface area contributed by atoms with Crippen LogP contribution in [0.25, 0.3) is 0 Å². The van der Waals surface area contributed by atoms with E-state index >= 15 is 0 Å². The molecule has 0 bridgehead atoms. The molecule has 7 rings (SSSR count). The van der Waals surface area contributed by atoms with Crippen molar-refractivity contribution >= 4 is 94.0 Å². The molecule has 0 atom stereocenters. The molecule has 53 heavy (non-hydrogen) atoms. The Labute approximate surface area is 336 Å². The van der Waals surface area contributed by atoms with Gasteiger partial charge in [0.1, 0.15) is 0 Å². The summed E-state index contributed by atoms with van der Waals surface area (Å²) in [6.07, 6.45) is 10.5. The van der Waals surface area contributed by atoms with E-state index in [0.717, 1.165) is 22.3 Å². The van der Waals surface area contributed by atoms with Gasteiger partial charge in [-0.3, -0.25) is 20.4 Å². The Kier molecular flexibility index (Phi) is 13.5. The topological polar surface area (TPSA) is 184 Å². The number of benzene rings is 2. The monoisotopic (exact) mass is 869 g/mol. The second kappa shape index (κ2) is 18.6. The molecule has 0 radical (unpaired) electrons. The molecule has 2 aromatic carbocycles. The van der Waals surface area contributed by atoms with Crippen molar-refractivity contribution in [1.82, 2.24) is 59.5 Å². The summed E-state index contributed by atoms with van der Waals surface area (Å²) >= 11 is 22.4. The summed E-state index contributed by atoms with van der Waals surface area (Å²) in [4.78, 5) is 0. The Morgan fingerprint density at radius 2 is 0.679 bits per heavy atom. The number of rotatable bonds is 0. The van der Waals surface area contributed by atoms with Crippen LogP contribution in [0.15, 0.2) is 68.9 Å². The van der Waals surface area contributed by atoms with Crippen molar-refractivity contribution in [3.63, 3.8) is 0 Å². The van der Waals surface area contributed by atoms with Gasteiger partial charge in [0.15, 0.2) is 23.3 Å². The zero-order valence-corrected chi connectivity index (χ0v) is 33.1. The molecule has 4 N–H and O–H groups in total. The van der Waals surface area contributed by atoms with Gasteiger partial charge in [0.25, 0.3) is 0 Å². The Morgan fingerprint density at radius 1 is 0.453 bits per heavy atom. The number of nitrogens with zero attached hydrogens (tertiary/aromatic N) is 12. The van der Waals surface area contributed by atoms with Crippen LogP contribution in [0.2, 0.25) is 0 Å². The van der Waals surface area contributed by atoms with Crippen LogP contribution in [0.1, 0.15) is 58.4 Å². The number of aromatic amines is 4. The fourth-order valence-electron chi connectivity index (χ4n) is 5.20. The van der Waals surface area contributed by atoms with E-state index in [-0.39, 0.29) is 0 Å². The van der Waals surface area contributed by atoms with Gasteiger partial charge in [-0.2, -0.15) is 59.5 Å². The number of hydrogen-bond acceptors (Lipinski definition) is 12. The molecule has 275 valence electrons. The summed E-state index contributed by atoms with van der Waals surface area (Å²) in [7, 11) is 9.47. The van der Waals surface area contributed by atoms with E-state index in [1.54, 1.807) is 43.6 Å². The summed E-state index contributed by atoms with van der Waals surface area (Å²) in [6, 6.07) is 15.5. The van der Waals surface area contributed by atoms with Crippen LogP contribution in [0.4, 0.5) is 0 Å².